The fourth-order valence-corrected chi connectivity index (χ4v) is 1.52. The van der Waals surface area contributed by atoms with Gasteiger partial charge in [-0.3, -0.25) is 4.18 Å². The smallest absolute Gasteiger partial charge is 0.422 e. The topological polar surface area (TPSA) is 38.8 Å². The van der Waals surface area contributed by atoms with Crippen molar-refractivity contribution < 1.29 is 13.7 Å². The van der Waals surface area contributed by atoms with Gasteiger partial charge < -0.3 is 4.74 Å². The predicted molar refractivity (Wildman–Crippen MR) is 51.1 cm³/mol. The third-order valence-electron chi connectivity index (χ3n) is 1.32. The molecule has 76 valence electrons. The third kappa shape index (κ3) is 3.44. The van der Waals surface area contributed by atoms with E-state index in [0.717, 1.165) is 12.2 Å². The van der Waals surface area contributed by atoms with E-state index in [4.69, 9.17) is 8.92 Å². The van der Waals surface area contributed by atoms with E-state index in [1.807, 2.05) is 27.7 Å². The van der Waals surface area contributed by atoms with Gasteiger partial charge in [0.25, 0.3) is 0 Å². The number of rotatable bonds is 0. The molecule has 0 aromatic rings. The minimum absolute atomic E-state index is 0.0810. The van der Waals surface area contributed by atoms with Crippen LogP contribution in [0.2, 0.25) is 0 Å². The monoisotopic (exact) mass is 205 g/mol. The quantitative estimate of drug-likeness (QED) is 0.449. The summed E-state index contributed by atoms with van der Waals surface area (Å²) in [7, 11) is 0. The van der Waals surface area contributed by atoms with Gasteiger partial charge in [0.05, 0.1) is 12.6 Å². The Balaban J connectivity index is 2.41. The fourth-order valence-electron chi connectivity index (χ4n) is 0.838. The first-order valence-electron chi connectivity index (χ1n) is 4.22. The lowest BCUT2D eigenvalue weighted by atomic mass is 10.2. The maximum atomic E-state index is 11.4. The zero-order valence-corrected chi connectivity index (χ0v) is 9.18. The van der Waals surface area contributed by atoms with Crippen LogP contribution in [0.5, 0.6) is 0 Å². The van der Waals surface area contributed by atoms with Gasteiger partial charge in [0.1, 0.15) is 17.8 Å². The second kappa shape index (κ2) is 3.75. The van der Waals surface area contributed by atoms with Crippen LogP contribution >= 0.6 is 12.2 Å². The number of ether oxygens (including phenoxy) is 1. The van der Waals surface area contributed by atoms with Crippen LogP contribution in [0.1, 0.15) is 27.7 Å². The van der Waals surface area contributed by atoms with Gasteiger partial charge >= 0.3 is 6.09 Å². The summed E-state index contributed by atoms with van der Waals surface area (Å²) >= 11 is 1.06. The number of hydrogen-bond donors (Lipinski definition) is 0. The van der Waals surface area contributed by atoms with E-state index in [9.17, 15) is 4.79 Å². The van der Waals surface area contributed by atoms with Crippen molar-refractivity contribution in [3.05, 3.63) is 0 Å². The van der Waals surface area contributed by atoms with Crippen molar-refractivity contribution in [3.8, 4) is 0 Å². The van der Waals surface area contributed by atoms with E-state index in [2.05, 4.69) is 0 Å². The molecule has 1 aliphatic rings. The Morgan fingerprint density at radius 1 is 1.62 bits per heavy atom. The van der Waals surface area contributed by atoms with Gasteiger partial charge in [-0.25, -0.2) is 9.10 Å². The molecule has 0 saturated carbocycles. The highest BCUT2D eigenvalue weighted by atomic mass is 32.2. The van der Waals surface area contributed by atoms with Crippen LogP contribution in [0.4, 0.5) is 4.79 Å². The van der Waals surface area contributed by atoms with Crippen LogP contribution in [0, 0.1) is 0 Å². The molecule has 1 amide bonds. The number of amides is 1. The Labute approximate surface area is 82.9 Å². The van der Waals surface area contributed by atoms with Gasteiger partial charge in [-0.1, -0.05) is 0 Å². The number of carbonyl (C=O) groups is 1. The molecule has 13 heavy (non-hydrogen) atoms. The van der Waals surface area contributed by atoms with Gasteiger partial charge in [0.15, 0.2) is 0 Å². The summed E-state index contributed by atoms with van der Waals surface area (Å²) in [5.41, 5.74) is -0.441. The minimum Gasteiger partial charge on any atom is -0.443 e. The van der Waals surface area contributed by atoms with Crippen molar-refractivity contribution in [2.45, 2.75) is 39.4 Å². The SMILES string of the molecule is CC1CN(C(=O)OC(C)(C)C)SO1. The maximum Gasteiger partial charge on any atom is 0.422 e. The van der Waals surface area contributed by atoms with E-state index in [0.29, 0.717) is 6.54 Å². The van der Waals surface area contributed by atoms with Gasteiger partial charge in [-0.15, -0.1) is 0 Å². The first-order valence-corrected chi connectivity index (χ1v) is 4.92. The summed E-state index contributed by atoms with van der Waals surface area (Å²) in [4.78, 5) is 11.4. The first kappa shape index (κ1) is 10.7. The van der Waals surface area contributed by atoms with Crippen LogP contribution in [-0.4, -0.2) is 28.6 Å². The lowest BCUT2D eigenvalue weighted by molar-refractivity contribution is 0.0408. The van der Waals surface area contributed by atoms with Gasteiger partial charge in [0, 0.05) is 0 Å². The molecule has 0 N–H and O–H groups in total. The van der Waals surface area contributed by atoms with E-state index in [-0.39, 0.29) is 12.2 Å². The molecule has 1 fully saturated rings. The summed E-state index contributed by atoms with van der Waals surface area (Å²) in [6.07, 6.45) is -0.251. The molecule has 1 atom stereocenters. The molecule has 0 spiro atoms. The second-order valence-corrected chi connectivity index (χ2v) is 4.81. The van der Waals surface area contributed by atoms with Gasteiger partial charge in [-0.2, -0.15) is 0 Å². The van der Waals surface area contributed by atoms with Crippen molar-refractivity contribution in [1.29, 1.82) is 0 Å². The molecule has 0 aliphatic carbocycles. The normalized spacial score (nSPS) is 23.4. The van der Waals surface area contributed by atoms with E-state index in [1.165, 1.54) is 4.31 Å². The highest BCUT2D eigenvalue weighted by Gasteiger charge is 2.29. The van der Waals surface area contributed by atoms with Crippen molar-refractivity contribution in [3.63, 3.8) is 0 Å². The van der Waals surface area contributed by atoms with Crippen molar-refractivity contribution >= 4 is 18.3 Å². The molecule has 1 saturated heterocycles. The van der Waals surface area contributed by atoms with E-state index < -0.39 is 5.60 Å². The number of hydrogen-bond acceptors (Lipinski definition) is 4. The van der Waals surface area contributed by atoms with Crippen molar-refractivity contribution in [1.82, 2.24) is 4.31 Å². The number of carbonyl (C=O) groups excluding carboxylic acids is 1. The largest absolute Gasteiger partial charge is 0.443 e. The van der Waals surface area contributed by atoms with Crippen LogP contribution in [-0.2, 0) is 8.92 Å². The molecule has 1 unspecified atom stereocenters. The minimum atomic E-state index is -0.441. The molecule has 0 bridgehead atoms. The highest BCUT2D eigenvalue weighted by molar-refractivity contribution is 7.93. The van der Waals surface area contributed by atoms with Crippen molar-refractivity contribution in [2.24, 2.45) is 0 Å². The zero-order valence-electron chi connectivity index (χ0n) is 8.36. The predicted octanol–water partition coefficient (Wildman–Crippen LogP) is 2.21. The maximum absolute atomic E-state index is 11.4. The molecular weight excluding hydrogens is 190 g/mol. The fraction of sp³-hybridized carbons (Fsp3) is 0.875. The molecule has 0 aromatic heterocycles. The molecule has 0 radical (unpaired) electrons. The molecular formula is C8H15NO3S. The summed E-state index contributed by atoms with van der Waals surface area (Å²) < 4.78 is 11.8. The van der Waals surface area contributed by atoms with Gasteiger partial charge in [-0.05, 0) is 27.7 Å². The lowest BCUT2D eigenvalue weighted by Crippen LogP contribution is -2.32. The molecule has 4 nitrogen and oxygen atoms in total. The Kier molecular flexibility index (Phi) is 3.08. The zero-order chi connectivity index (χ0) is 10.1. The molecule has 1 aliphatic heterocycles. The highest BCUT2D eigenvalue weighted by Crippen LogP contribution is 2.25. The van der Waals surface area contributed by atoms with Crippen LogP contribution in [0.15, 0.2) is 0 Å². The van der Waals surface area contributed by atoms with Crippen molar-refractivity contribution in [2.75, 3.05) is 6.54 Å². The molecule has 5 heteroatoms. The Bertz CT molecular complexity index is 202. The van der Waals surface area contributed by atoms with Gasteiger partial charge in [0.2, 0.25) is 0 Å². The van der Waals surface area contributed by atoms with Crippen LogP contribution in [0.25, 0.3) is 0 Å². The van der Waals surface area contributed by atoms with E-state index in [1.54, 1.807) is 0 Å². The average Bonchev–Trinajstić information content (AvgIpc) is 2.31. The van der Waals surface area contributed by atoms with Crippen LogP contribution < -0.4 is 0 Å². The molecule has 0 aromatic carbocycles. The lowest BCUT2D eigenvalue weighted by Gasteiger charge is -2.22. The van der Waals surface area contributed by atoms with Crippen LogP contribution in [0.3, 0.4) is 0 Å². The molecule has 1 rings (SSSR count). The first-order chi connectivity index (χ1) is 5.88. The third-order valence-corrected chi connectivity index (χ3v) is 2.21. The summed E-state index contributed by atoms with van der Waals surface area (Å²) in [5, 5.41) is 0. The summed E-state index contributed by atoms with van der Waals surface area (Å²) in [6.45, 7) is 8.03. The molecule has 1 heterocycles. The standard InChI is InChI=1S/C8H15NO3S/c1-6-5-9(13-12-6)7(10)11-8(2,3)4/h6H,5H2,1-4H3. The van der Waals surface area contributed by atoms with E-state index >= 15 is 0 Å². The second-order valence-electron chi connectivity index (χ2n) is 4.02. The number of nitrogens with zero attached hydrogens (tertiary/aromatic N) is 1. The summed E-state index contributed by atoms with van der Waals surface area (Å²) in [5.74, 6) is 0. The Morgan fingerprint density at radius 3 is 2.62 bits per heavy atom. The summed E-state index contributed by atoms with van der Waals surface area (Å²) in [6, 6.07) is 0. The average molecular weight is 205 g/mol. The Hall–Kier alpha value is -0.420. The Morgan fingerprint density at radius 2 is 2.23 bits per heavy atom.